The summed E-state index contributed by atoms with van der Waals surface area (Å²) in [5.41, 5.74) is 7.79. The van der Waals surface area contributed by atoms with E-state index in [1.54, 1.807) is 11.9 Å². The molecule has 1 rings (SSSR count). The molecule has 0 bridgehead atoms. The van der Waals surface area contributed by atoms with E-state index in [2.05, 4.69) is 50.5 Å². The van der Waals surface area contributed by atoms with Crippen molar-refractivity contribution < 1.29 is 4.79 Å². The van der Waals surface area contributed by atoms with Crippen LogP contribution in [0.15, 0.2) is 22.7 Å². The normalized spacial score (nSPS) is 14.7. The minimum absolute atomic E-state index is 0.0313. The van der Waals surface area contributed by atoms with Gasteiger partial charge in [0.2, 0.25) is 0 Å². The smallest absolute Gasteiger partial charge is 0.255 e. The van der Waals surface area contributed by atoms with Gasteiger partial charge in [0.1, 0.15) is 0 Å². The number of benzene rings is 1. The summed E-state index contributed by atoms with van der Waals surface area (Å²) in [6.45, 7) is 12.8. The van der Waals surface area contributed by atoms with Crippen molar-refractivity contribution in [1.82, 2.24) is 4.90 Å². The van der Waals surface area contributed by atoms with Crippen LogP contribution in [0.4, 0.5) is 0 Å². The third-order valence-corrected chi connectivity index (χ3v) is 5.03. The van der Waals surface area contributed by atoms with Crippen LogP contribution >= 0.6 is 15.9 Å². The Hall–Kier alpha value is -0.870. The molecule has 0 fully saturated rings. The molecule has 2 N–H and O–H groups in total. The van der Waals surface area contributed by atoms with Crippen molar-refractivity contribution in [3.63, 3.8) is 0 Å². The van der Waals surface area contributed by atoms with E-state index in [4.69, 9.17) is 5.73 Å². The number of nitrogens with two attached hydrogens (primary N) is 1. The van der Waals surface area contributed by atoms with E-state index >= 15 is 0 Å². The lowest BCUT2D eigenvalue weighted by Gasteiger charge is -2.39. The number of halogens is 1. The molecule has 1 amide bonds. The number of amides is 1. The van der Waals surface area contributed by atoms with Gasteiger partial charge in [-0.25, -0.2) is 0 Å². The third-order valence-electron chi connectivity index (χ3n) is 4.37. The van der Waals surface area contributed by atoms with Crippen LogP contribution in [0.2, 0.25) is 0 Å². The first-order chi connectivity index (χ1) is 10.4. The largest absolute Gasteiger partial charge is 0.324 e. The number of hydrogen-bond acceptors (Lipinski definition) is 2. The van der Waals surface area contributed by atoms with E-state index in [-0.39, 0.29) is 11.3 Å². The van der Waals surface area contributed by atoms with Crippen LogP contribution in [-0.4, -0.2) is 23.5 Å². The van der Waals surface area contributed by atoms with Crippen molar-refractivity contribution >= 4 is 21.8 Å². The molecular weight excluding hydrogens is 352 g/mol. The predicted octanol–water partition coefficient (Wildman–Crippen LogP) is 4.93. The number of hydrogen-bond donors (Lipinski definition) is 1. The van der Waals surface area contributed by atoms with Crippen LogP contribution in [0.1, 0.15) is 70.3 Å². The molecule has 4 heteroatoms. The molecule has 0 aromatic heterocycles. The van der Waals surface area contributed by atoms with Gasteiger partial charge in [-0.05, 0) is 41.9 Å². The maximum Gasteiger partial charge on any atom is 0.255 e. The van der Waals surface area contributed by atoms with Crippen LogP contribution in [0.3, 0.4) is 0 Å². The second kappa shape index (κ2) is 7.35. The summed E-state index contributed by atoms with van der Waals surface area (Å²) in [6.07, 6.45) is 1.52. The molecular formula is C19H31BrN2O. The molecule has 0 saturated heterocycles. The maximum atomic E-state index is 12.9. The summed E-state index contributed by atoms with van der Waals surface area (Å²) in [6, 6.07) is 5.83. The van der Waals surface area contributed by atoms with Crippen molar-refractivity contribution in [3.05, 3.63) is 33.8 Å². The fourth-order valence-electron chi connectivity index (χ4n) is 2.88. The van der Waals surface area contributed by atoms with Gasteiger partial charge in [-0.1, -0.05) is 63.5 Å². The number of nitrogens with zero attached hydrogens (tertiary/aromatic N) is 1. The lowest BCUT2D eigenvalue weighted by molar-refractivity contribution is 0.0502. The average Bonchev–Trinajstić information content (AvgIpc) is 2.43. The van der Waals surface area contributed by atoms with Crippen molar-refractivity contribution in [2.24, 2.45) is 11.7 Å². The first-order valence-electron chi connectivity index (χ1n) is 8.29. The molecule has 0 aliphatic carbocycles. The minimum atomic E-state index is -0.611. The van der Waals surface area contributed by atoms with Crippen LogP contribution in [0.25, 0.3) is 0 Å². The van der Waals surface area contributed by atoms with Gasteiger partial charge in [0.15, 0.2) is 0 Å². The van der Waals surface area contributed by atoms with Crippen molar-refractivity contribution in [2.45, 2.75) is 65.5 Å². The Morgan fingerprint density at radius 2 is 1.87 bits per heavy atom. The fraction of sp³-hybridized carbons (Fsp3) is 0.632. The summed E-state index contributed by atoms with van der Waals surface area (Å²) in [5.74, 6) is 0.404. The van der Waals surface area contributed by atoms with Crippen molar-refractivity contribution in [2.75, 3.05) is 7.05 Å². The van der Waals surface area contributed by atoms with Crippen LogP contribution in [0.5, 0.6) is 0 Å². The van der Waals surface area contributed by atoms with E-state index in [0.29, 0.717) is 11.5 Å². The first-order valence-corrected chi connectivity index (χ1v) is 9.08. The summed E-state index contributed by atoms with van der Waals surface area (Å²) in [7, 11) is 1.81. The molecule has 0 aliphatic rings. The van der Waals surface area contributed by atoms with E-state index < -0.39 is 5.66 Å². The number of carbonyl (C=O) groups is 1. The molecule has 1 aromatic rings. The quantitative estimate of drug-likeness (QED) is 0.733. The molecule has 0 saturated carbocycles. The molecule has 0 heterocycles. The lowest BCUT2D eigenvalue weighted by Crippen LogP contribution is -2.56. The third kappa shape index (κ3) is 4.80. The van der Waals surface area contributed by atoms with Gasteiger partial charge in [-0.2, -0.15) is 0 Å². The van der Waals surface area contributed by atoms with Gasteiger partial charge in [-0.3, -0.25) is 4.79 Å². The Morgan fingerprint density at radius 1 is 1.30 bits per heavy atom. The van der Waals surface area contributed by atoms with Gasteiger partial charge in [0.05, 0.1) is 5.66 Å². The van der Waals surface area contributed by atoms with Crippen molar-refractivity contribution in [1.29, 1.82) is 0 Å². The predicted molar refractivity (Wildman–Crippen MR) is 102 cm³/mol. The molecule has 130 valence electrons. The fourth-order valence-corrected chi connectivity index (χ4v) is 3.85. The summed E-state index contributed by atoms with van der Waals surface area (Å²) in [5, 5.41) is 0. The molecule has 0 spiro atoms. The number of rotatable bonds is 5. The molecule has 1 atom stereocenters. The Bertz CT molecular complexity index is 563. The van der Waals surface area contributed by atoms with E-state index in [9.17, 15) is 4.79 Å². The highest BCUT2D eigenvalue weighted by molar-refractivity contribution is 9.10. The first kappa shape index (κ1) is 20.2. The van der Waals surface area contributed by atoms with Crippen LogP contribution in [0, 0.1) is 5.92 Å². The lowest BCUT2D eigenvalue weighted by atomic mass is 9.86. The molecule has 0 unspecified atom stereocenters. The molecule has 23 heavy (non-hydrogen) atoms. The highest BCUT2D eigenvalue weighted by atomic mass is 79.9. The van der Waals surface area contributed by atoms with E-state index in [0.717, 1.165) is 17.3 Å². The van der Waals surface area contributed by atoms with Gasteiger partial charge in [0, 0.05) is 17.1 Å². The van der Waals surface area contributed by atoms with Crippen molar-refractivity contribution in [3.8, 4) is 0 Å². The topological polar surface area (TPSA) is 46.3 Å². The Balaban J connectivity index is 3.12. The summed E-state index contributed by atoms with van der Waals surface area (Å²) >= 11 is 3.61. The molecule has 1 aromatic carbocycles. The average molecular weight is 383 g/mol. The maximum absolute atomic E-state index is 12.9. The Kier molecular flexibility index (Phi) is 6.45. The Labute approximate surface area is 149 Å². The highest BCUT2D eigenvalue weighted by Gasteiger charge is 2.33. The summed E-state index contributed by atoms with van der Waals surface area (Å²) < 4.78 is 0.965. The van der Waals surface area contributed by atoms with Crippen LogP contribution < -0.4 is 5.73 Å². The Morgan fingerprint density at radius 3 is 2.26 bits per heavy atom. The van der Waals surface area contributed by atoms with Gasteiger partial charge >= 0.3 is 0 Å². The zero-order valence-corrected chi connectivity index (χ0v) is 17.1. The second-order valence-electron chi connectivity index (χ2n) is 7.86. The minimum Gasteiger partial charge on any atom is -0.324 e. The molecule has 0 radical (unpaired) electrons. The number of carbonyl (C=O) groups excluding carboxylic acids is 1. The van der Waals surface area contributed by atoms with Crippen LogP contribution in [-0.2, 0) is 5.41 Å². The van der Waals surface area contributed by atoms with Gasteiger partial charge < -0.3 is 10.6 Å². The highest BCUT2D eigenvalue weighted by Crippen LogP contribution is 2.31. The monoisotopic (exact) mass is 382 g/mol. The second-order valence-corrected chi connectivity index (χ2v) is 8.72. The van der Waals surface area contributed by atoms with Gasteiger partial charge in [-0.15, -0.1) is 0 Å². The zero-order valence-electron chi connectivity index (χ0n) is 15.5. The molecule has 0 aliphatic heterocycles. The van der Waals surface area contributed by atoms with Gasteiger partial charge in [0.25, 0.3) is 5.91 Å². The standard InChI is InChI=1S/C19H31BrN2O/c1-8-19(21,12-13(2)3)22(7)17(23)14-9-10-15(16(20)11-14)18(4,5)6/h9-11,13H,8,12,21H2,1-7H3/t19-/m1/s1. The van der Waals surface area contributed by atoms with E-state index in [1.165, 1.54) is 5.56 Å². The SMILES string of the molecule is CC[C@](N)(CC(C)C)N(C)C(=O)c1ccc(C(C)(C)C)c(Br)c1. The molecule has 3 nitrogen and oxygen atoms in total. The van der Waals surface area contributed by atoms with E-state index in [1.807, 2.05) is 25.1 Å². The zero-order chi connectivity index (χ0) is 18.0. The summed E-state index contributed by atoms with van der Waals surface area (Å²) in [4.78, 5) is 14.6.